The number of rotatable bonds is 3. The lowest BCUT2D eigenvalue weighted by Gasteiger charge is -2.54. The molecule has 0 radical (unpaired) electrons. The van der Waals surface area contributed by atoms with Gasteiger partial charge in [0.25, 0.3) is 0 Å². The maximum absolute atomic E-state index is 13.1. The monoisotopic (exact) mass is 484 g/mol. The Hall–Kier alpha value is -2.42. The van der Waals surface area contributed by atoms with Crippen LogP contribution in [0.5, 0.6) is 0 Å². The molecule has 0 aromatic carbocycles. The van der Waals surface area contributed by atoms with Crippen molar-refractivity contribution >= 4 is 11.9 Å². The van der Waals surface area contributed by atoms with Crippen molar-refractivity contribution in [2.24, 2.45) is 16.2 Å². The van der Waals surface area contributed by atoms with Crippen LogP contribution in [0, 0.1) is 16.2 Å². The van der Waals surface area contributed by atoms with E-state index in [0.29, 0.717) is 12.8 Å². The Kier molecular flexibility index (Phi) is 4.38. The van der Waals surface area contributed by atoms with Gasteiger partial charge in [0.05, 0.1) is 24.0 Å². The number of hydrogen-bond acceptors (Lipinski definition) is 8. The Bertz CT molecular complexity index is 1150. The van der Waals surface area contributed by atoms with E-state index in [1.165, 1.54) is 6.08 Å². The summed E-state index contributed by atoms with van der Waals surface area (Å²) in [5.41, 5.74) is -2.91. The van der Waals surface area contributed by atoms with E-state index in [4.69, 9.17) is 28.1 Å². The summed E-state index contributed by atoms with van der Waals surface area (Å²) in [6, 6.07) is 1.84. The molecule has 3 fully saturated rings. The highest BCUT2D eigenvalue weighted by atomic mass is 16.7. The van der Waals surface area contributed by atoms with E-state index in [1.807, 2.05) is 32.9 Å². The number of epoxide rings is 1. The first kappa shape index (κ1) is 23.0. The van der Waals surface area contributed by atoms with Gasteiger partial charge in [0.15, 0.2) is 11.9 Å². The maximum Gasteiger partial charge on any atom is 0.339 e. The molecule has 5 aliphatic rings. The average molecular weight is 485 g/mol. The minimum absolute atomic E-state index is 0.371. The smallest absolute Gasteiger partial charge is 0.339 e. The lowest BCUT2D eigenvalue weighted by Crippen LogP contribution is -2.62. The van der Waals surface area contributed by atoms with Crippen LogP contribution in [-0.2, 0) is 33.3 Å². The number of cyclic esters (lactones) is 2. The van der Waals surface area contributed by atoms with Crippen LogP contribution in [0.4, 0.5) is 0 Å². The van der Waals surface area contributed by atoms with Crippen LogP contribution in [0.15, 0.2) is 47.3 Å². The van der Waals surface area contributed by atoms with Gasteiger partial charge in [-0.3, -0.25) is 0 Å². The molecule has 188 valence electrons. The fraction of sp³-hybridized carbons (Fsp3) is 0.630. The summed E-state index contributed by atoms with van der Waals surface area (Å²) in [4.78, 5) is 25.3. The van der Waals surface area contributed by atoms with E-state index in [0.717, 1.165) is 5.56 Å². The largest absolute Gasteiger partial charge is 0.472 e. The summed E-state index contributed by atoms with van der Waals surface area (Å²) in [7, 11) is 1.61. The van der Waals surface area contributed by atoms with Crippen molar-refractivity contribution in [2.75, 3.05) is 7.11 Å². The minimum Gasteiger partial charge on any atom is -0.472 e. The Morgan fingerprint density at radius 3 is 2.46 bits per heavy atom. The van der Waals surface area contributed by atoms with Crippen LogP contribution in [0.2, 0.25) is 0 Å². The number of hydrogen-bond donors (Lipinski definition) is 0. The second-order valence-electron chi connectivity index (χ2n) is 11.6. The van der Waals surface area contributed by atoms with Gasteiger partial charge in [0, 0.05) is 29.6 Å². The molecule has 0 amide bonds. The molecule has 6 rings (SSSR count). The van der Waals surface area contributed by atoms with E-state index in [1.54, 1.807) is 19.6 Å². The number of furan rings is 1. The quantitative estimate of drug-likeness (QED) is 0.361. The summed E-state index contributed by atoms with van der Waals surface area (Å²) in [6.45, 7) is 9.88. The molecule has 1 aromatic heterocycles. The zero-order chi connectivity index (χ0) is 25.1. The number of allylic oxidation sites excluding steroid dienone is 1. The topological polar surface area (TPSA) is 96.7 Å². The van der Waals surface area contributed by atoms with E-state index in [9.17, 15) is 9.59 Å². The maximum atomic E-state index is 13.1. The highest BCUT2D eigenvalue weighted by molar-refractivity contribution is 5.84. The van der Waals surface area contributed by atoms with Crippen LogP contribution in [0.25, 0.3) is 0 Å². The first-order chi connectivity index (χ1) is 16.4. The molecule has 8 heteroatoms. The second-order valence-corrected chi connectivity index (χ2v) is 11.6. The summed E-state index contributed by atoms with van der Waals surface area (Å²) in [6.07, 6.45) is 10.4. The van der Waals surface area contributed by atoms with Crippen molar-refractivity contribution in [3.8, 4) is 0 Å². The number of ether oxygens (including phenoxy) is 5. The molecule has 0 bridgehead atoms. The van der Waals surface area contributed by atoms with Crippen molar-refractivity contribution in [1.82, 2.24) is 0 Å². The lowest BCUT2D eigenvalue weighted by atomic mass is 9.50. The third-order valence-corrected chi connectivity index (χ3v) is 9.82. The standard InChI is InChI=1S/C27H32O8/c1-22(2)26(12-8-18(28)34-22)14-17(33-25(26,5)30-6)23(3)10-7-11-24(4)19(16-9-13-31-15-16)32-21(29)20-27(23,24)35-20/h7-10,12-13,15,17,19-20H,11,14H2,1-6H3/t17-,19+,20-,23+,24+,25+,26+,27+/m1/s1. The van der Waals surface area contributed by atoms with E-state index < -0.39 is 51.5 Å². The molecule has 2 spiro atoms. The summed E-state index contributed by atoms with van der Waals surface area (Å²) in [5, 5.41) is 0. The van der Waals surface area contributed by atoms with Crippen molar-refractivity contribution < 1.29 is 37.7 Å². The minimum atomic E-state index is -1.08. The Morgan fingerprint density at radius 2 is 1.80 bits per heavy atom. The number of methoxy groups -OCH3 is 1. The predicted molar refractivity (Wildman–Crippen MR) is 122 cm³/mol. The van der Waals surface area contributed by atoms with Gasteiger partial charge in [-0.25, -0.2) is 9.59 Å². The fourth-order valence-corrected chi connectivity index (χ4v) is 7.73. The fourth-order valence-electron chi connectivity index (χ4n) is 7.73. The molecular weight excluding hydrogens is 452 g/mol. The van der Waals surface area contributed by atoms with Gasteiger partial charge in [0.2, 0.25) is 0 Å². The van der Waals surface area contributed by atoms with Gasteiger partial charge in [-0.1, -0.05) is 32.1 Å². The third kappa shape index (κ3) is 2.48. The normalized spacial score (nSPS) is 49.4. The van der Waals surface area contributed by atoms with E-state index >= 15 is 0 Å². The van der Waals surface area contributed by atoms with Crippen LogP contribution in [0.3, 0.4) is 0 Å². The van der Waals surface area contributed by atoms with Gasteiger partial charge in [-0.2, -0.15) is 0 Å². The lowest BCUT2D eigenvalue weighted by molar-refractivity contribution is -0.278. The van der Waals surface area contributed by atoms with Gasteiger partial charge < -0.3 is 28.1 Å². The predicted octanol–water partition coefficient (Wildman–Crippen LogP) is 4.02. The first-order valence-electron chi connectivity index (χ1n) is 12.1. The van der Waals surface area contributed by atoms with Crippen molar-refractivity contribution in [3.63, 3.8) is 0 Å². The Labute approximate surface area is 204 Å². The highest BCUT2D eigenvalue weighted by Crippen LogP contribution is 2.74. The zero-order valence-electron chi connectivity index (χ0n) is 21.0. The van der Waals surface area contributed by atoms with Crippen LogP contribution >= 0.6 is 0 Å². The van der Waals surface area contributed by atoms with E-state index in [2.05, 4.69) is 26.0 Å². The Balaban J connectivity index is 1.47. The van der Waals surface area contributed by atoms with Gasteiger partial charge in [-0.15, -0.1) is 0 Å². The molecule has 0 N–H and O–H groups in total. The molecule has 0 saturated carbocycles. The highest BCUT2D eigenvalue weighted by Gasteiger charge is 2.85. The third-order valence-electron chi connectivity index (χ3n) is 9.82. The Morgan fingerprint density at radius 1 is 1.03 bits per heavy atom. The van der Waals surface area contributed by atoms with Crippen LogP contribution in [-0.4, -0.2) is 48.2 Å². The molecule has 4 aliphatic heterocycles. The molecule has 8 atom stereocenters. The number of carbonyl (C=O) groups excluding carboxylic acids is 2. The number of esters is 2. The van der Waals surface area contributed by atoms with Crippen LogP contribution < -0.4 is 0 Å². The van der Waals surface area contributed by atoms with Crippen molar-refractivity contribution in [2.45, 2.75) is 82.8 Å². The molecule has 8 nitrogen and oxygen atoms in total. The second kappa shape index (κ2) is 6.66. The SMILES string of the molecule is CO[C@@]1(C)O[C@@H]([C@]2(C)C=CC[C@@]3(C)[C@H](c4ccoc4)OC(=O)[C@H]4O[C@@]423)C[C@]12C=CC(=O)OC2(C)C. The van der Waals surface area contributed by atoms with Gasteiger partial charge in [0.1, 0.15) is 17.3 Å². The van der Waals surface area contributed by atoms with Crippen molar-refractivity contribution in [1.29, 1.82) is 0 Å². The summed E-state index contributed by atoms with van der Waals surface area (Å²) >= 11 is 0. The first-order valence-corrected chi connectivity index (χ1v) is 12.1. The zero-order valence-corrected chi connectivity index (χ0v) is 21.0. The summed E-state index contributed by atoms with van der Waals surface area (Å²) < 4.78 is 36.3. The molecule has 35 heavy (non-hydrogen) atoms. The number of carbonyl (C=O) groups is 2. The van der Waals surface area contributed by atoms with Crippen molar-refractivity contribution in [3.05, 3.63) is 48.5 Å². The average Bonchev–Trinajstić information content (AvgIpc) is 3.21. The molecule has 0 unspecified atom stereocenters. The van der Waals surface area contributed by atoms with Gasteiger partial charge >= 0.3 is 11.9 Å². The van der Waals surface area contributed by atoms with E-state index in [-0.39, 0.29) is 11.9 Å². The van der Waals surface area contributed by atoms with Gasteiger partial charge in [-0.05, 0) is 39.7 Å². The molecule has 1 aromatic rings. The molecular formula is C27H32O8. The summed E-state index contributed by atoms with van der Waals surface area (Å²) in [5.74, 6) is -1.84. The molecule has 1 aliphatic carbocycles. The molecule has 3 saturated heterocycles. The molecule has 5 heterocycles. The van der Waals surface area contributed by atoms with Crippen LogP contribution in [0.1, 0.15) is 59.1 Å².